The standard InChI is InChI=1S/C17H17Br2NO/c18-16-10-15(21-17(16)19)11-20-14-8-6-13(7-9-14)12-4-2-1-3-5-12/h6-12H,1-5H2. The number of aliphatic imine (C=N–C) groups is 1. The molecule has 3 rings (SSSR count). The first-order chi connectivity index (χ1) is 10.2. The highest BCUT2D eigenvalue weighted by Gasteiger charge is 2.14. The molecule has 1 saturated carbocycles. The number of halogens is 2. The number of nitrogens with zero attached hydrogens (tertiary/aromatic N) is 1. The number of hydrogen-bond donors (Lipinski definition) is 0. The fourth-order valence-corrected chi connectivity index (χ4v) is 3.44. The van der Waals surface area contributed by atoms with E-state index in [0.717, 1.165) is 21.8 Å². The Morgan fingerprint density at radius 3 is 2.38 bits per heavy atom. The van der Waals surface area contributed by atoms with Gasteiger partial charge < -0.3 is 4.42 Å². The molecule has 0 bridgehead atoms. The van der Waals surface area contributed by atoms with E-state index in [-0.39, 0.29) is 0 Å². The largest absolute Gasteiger partial charge is 0.447 e. The van der Waals surface area contributed by atoms with Crippen LogP contribution >= 0.6 is 31.9 Å². The molecule has 2 nitrogen and oxygen atoms in total. The average molecular weight is 411 g/mol. The number of rotatable bonds is 3. The van der Waals surface area contributed by atoms with Gasteiger partial charge in [0.1, 0.15) is 5.76 Å². The number of benzene rings is 1. The van der Waals surface area contributed by atoms with Gasteiger partial charge in [-0.05, 0) is 68.3 Å². The monoisotopic (exact) mass is 409 g/mol. The molecule has 21 heavy (non-hydrogen) atoms. The molecule has 110 valence electrons. The Morgan fingerprint density at radius 1 is 1.05 bits per heavy atom. The van der Waals surface area contributed by atoms with E-state index in [1.54, 1.807) is 6.21 Å². The summed E-state index contributed by atoms with van der Waals surface area (Å²) in [4.78, 5) is 4.46. The minimum atomic E-state index is 0.691. The molecule has 0 unspecified atom stereocenters. The van der Waals surface area contributed by atoms with Crippen LogP contribution in [0.1, 0.15) is 49.3 Å². The third kappa shape index (κ3) is 3.86. The van der Waals surface area contributed by atoms with Crippen molar-refractivity contribution in [2.24, 2.45) is 4.99 Å². The molecule has 2 aromatic rings. The average Bonchev–Trinajstić information content (AvgIpc) is 2.85. The van der Waals surface area contributed by atoms with E-state index >= 15 is 0 Å². The molecular formula is C17H17Br2NO. The Kier molecular flexibility index (Phi) is 4.96. The summed E-state index contributed by atoms with van der Waals surface area (Å²) in [6.45, 7) is 0. The predicted octanol–water partition coefficient (Wildman–Crippen LogP) is 6.60. The van der Waals surface area contributed by atoms with Gasteiger partial charge in [0.05, 0.1) is 16.4 Å². The summed E-state index contributed by atoms with van der Waals surface area (Å²) in [5.41, 5.74) is 2.41. The van der Waals surface area contributed by atoms with Gasteiger partial charge >= 0.3 is 0 Å². The molecular weight excluding hydrogens is 394 g/mol. The second-order valence-corrected chi connectivity index (χ2v) is 7.03. The van der Waals surface area contributed by atoms with Crippen LogP contribution in [0.2, 0.25) is 0 Å². The Morgan fingerprint density at radius 2 is 1.76 bits per heavy atom. The van der Waals surface area contributed by atoms with Gasteiger partial charge in [-0.3, -0.25) is 4.99 Å². The van der Waals surface area contributed by atoms with Crippen molar-refractivity contribution in [3.63, 3.8) is 0 Å². The number of furan rings is 1. The molecule has 0 saturated heterocycles. The zero-order valence-corrected chi connectivity index (χ0v) is 14.9. The van der Waals surface area contributed by atoms with Crippen LogP contribution in [0.3, 0.4) is 0 Å². The van der Waals surface area contributed by atoms with Crippen molar-refractivity contribution < 1.29 is 4.42 Å². The second-order valence-electron chi connectivity index (χ2n) is 5.46. The third-order valence-electron chi connectivity index (χ3n) is 3.97. The molecule has 0 atom stereocenters. The van der Waals surface area contributed by atoms with Gasteiger partial charge in [-0.25, -0.2) is 0 Å². The summed E-state index contributed by atoms with van der Waals surface area (Å²) in [7, 11) is 0. The molecule has 0 amide bonds. The van der Waals surface area contributed by atoms with Gasteiger partial charge in [0.15, 0.2) is 4.67 Å². The van der Waals surface area contributed by atoms with E-state index in [9.17, 15) is 0 Å². The van der Waals surface area contributed by atoms with Crippen LogP contribution in [0.15, 0.2) is 48.9 Å². The van der Waals surface area contributed by atoms with Crippen molar-refractivity contribution in [2.45, 2.75) is 38.0 Å². The highest BCUT2D eigenvalue weighted by Crippen LogP contribution is 2.33. The molecule has 1 heterocycles. The summed E-state index contributed by atoms with van der Waals surface area (Å²) >= 11 is 6.71. The first kappa shape index (κ1) is 15.0. The molecule has 0 radical (unpaired) electrons. The van der Waals surface area contributed by atoms with E-state index < -0.39 is 0 Å². The van der Waals surface area contributed by atoms with Crippen LogP contribution in [0.4, 0.5) is 5.69 Å². The first-order valence-electron chi connectivity index (χ1n) is 7.31. The van der Waals surface area contributed by atoms with Gasteiger partial charge in [-0.15, -0.1) is 0 Å². The maximum absolute atomic E-state index is 5.48. The van der Waals surface area contributed by atoms with Crippen molar-refractivity contribution in [1.82, 2.24) is 0 Å². The van der Waals surface area contributed by atoms with Gasteiger partial charge in [0.25, 0.3) is 0 Å². The summed E-state index contributed by atoms with van der Waals surface area (Å²) in [5, 5.41) is 0. The highest BCUT2D eigenvalue weighted by atomic mass is 79.9. The van der Waals surface area contributed by atoms with Gasteiger partial charge in [0.2, 0.25) is 0 Å². The lowest BCUT2D eigenvalue weighted by Gasteiger charge is -2.21. The SMILES string of the molecule is Brc1cc(C=Nc2ccc(C3CCCCC3)cc2)oc1Br. The molecule has 1 aromatic carbocycles. The maximum Gasteiger partial charge on any atom is 0.184 e. The van der Waals surface area contributed by atoms with E-state index in [1.807, 2.05) is 6.07 Å². The first-order valence-corrected chi connectivity index (χ1v) is 8.90. The van der Waals surface area contributed by atoms with Gasteiger partial charge in [-0.1, -0.05) is 31.4 Å². The summed E-state index contributed by atoms with van der Waals surface area (Å²) in [6, 6.07) is 10.5. The molecule has 0 aliphatic heterocycles. The van der Waals surface area contributed by atoms with Crippen LogP contribution in [0.25, 0.3) is 0 Å². The topological polar surface area (TPSA) is 25.5 Å². The lowest BCUT2D eigenvalue weighted by Crippen LogP contribution is -2.03. The minimum absolute atomic E-state index is 0.691. The van der Waals surface area contributed by atoms with Crippen LogP contribution in [-0.2, 0) is 0 Å². The molecule has 1 aliphatic carbocycles. The van der Waals surface area contributed by atoms with Crippen LogP contribution in [0, 0.1) is 0 Å². The normalized spacial score (nSPS) is 16.7. The van der Waals surface area contributed by atoms with Crippen molar-refractivity contribution in [3.05, 3.63) is 50.8 Å². The summed E-state index contributed by atoms with van der Waals surface area (Å²) < 4.78 is 7.07. The number of hydrogen-bond acceptors (Lipinski definition) is 2. The van der Waals surface area contributed by atoms with Crippen LogP contribution in [0.5, 0.6) is 0 Å². The minimum Gasteiger partial charge on any atom is -0.447 e. The zero-order chi connectivity index (χ0) is 14.7. The summed E-state index contributed by atoms with van der Waals surface area (Å²) in [5.74, 6) is 1.47. The zero-order valence-electron chi connectivity index (χ0n) is 11.7. The van der Waals surface area contributed by atoms with Gasteiger partial charge in [-0.2, -0.15) is 0 Å². The quantitative estimate of drug-likeness (QED) is 0.523. The molecule has 0 spiro atoms. The summed E-state index contributed by atoms with van der Waals surface area (Å²) in [6.07, 6.45) is 8.53. The molecule has 4 heteroatoms. The molecule has 1 aromatic heterocycles. The Bertz CT molecular complexity index is 605. The third-order valence-corrected chi connectivity index (χ3v) is 5.68. The molecule has 1 aliphatic rings. The lowest BCUT2D eigenvalue weighted by molar-refractivity contribution is 0.443. The van der Waals surface area contributed by atoms with Crippen molar-refractivity contribution in [2.75, 3.05) is 0 Å². The maximum atomic E-state index is 5.48. The molecule has 0 N–H and O–H groups in total. The van der Waals surface area contributed by atoms with Crippen molar-refractivity contribution >= 4 is 43.8 Å². The smallest absolute Gasteiger partial charge is 0.184 e. The van der Waals surface area contributed by atoms with Gasteiger partial charge in [0, 0.05) is 6.07 Å². The van der Waals surface area contributed by atoms with E-state index in [0.29, 0.717) is 4.67 Å². The van der Waals surface area contributed by atoms with E-state index in [2.05, 4.69) is 61.1 Å². The van der Waals surface area contributed by atoms with Crippen molar-refractivity contribution in [3.8, 4) is 0 Å². The molecule has 1 fully saturated rings. The van der Waals surface area contributed by atoms with Crippen LogP contribution in [-0.4, -0.2) is 6.21 Å². The highest BCUT2D eigenvalue weighted by molar-refractivity contribution is 9.13. The Hall–Kier alpha value is -0.870. The predicted molar refractivity (Wildman–Crippen MR) is 93.6 cm³/mol. The van der Waals surface area contributed by atoms with Crippen molar-refractivity contribution in [1.29, 1.82) is 0 Å². The fraction of sp³-hybridized carbons (Fsp3) is 0.353. The van der Waals surface area contributed by atoms with E-state index in [4.69, 9.17) is 4.42 Å². The van der Waals surface area contributed by atoms with E-state index in [1.165, 1.54) is 37.7 Å². The Balaban J connectivity index is 1.69. The fourth-order valence-electron chi connectivity index (χ4n) is 2.83. The Labute approximate surface area is 141 Å². The lowest BCUT2D eigenvalue weighted by atomic mass is 9.84. The second kappa shape index (κ2) is 6.93. The van der Waals surface area contributed by atoms with Crippen LogP contribution < -0.4 is 0 Å².